The average molecular weight is 291 g/mol. The lowest BCUT2D eigenvalue weighted by Crippen LogP contribution is -2.05. The van der Waals surface area contributed by atoms with Crippen LogP contribution in [-0.2, 0) is 6.54 Å². The Bertz CT molecular complexity index is 656. The Hall–Kier alpha value is -2.07. The maximum Gasteiger partial charge on any atom is 0.275 e. The lowest BCUT2D eigenvalue weighted by atomic mass is 10.1. The topological polar surface area (TPSA) is 55.2 Å². The highest BCUT2D eigenvalue weighted by Gasteiger charge is 2.16. The second-order valence-corrected chi connectivity index (χ2v) is 5.07. The number of hydrogen-bond acceptors (Lipinski definition) is 3. The number of nitrogens with zero attached hydrogens (tertiary/aromatic N) is 1. The molecule has 0 aliphatic rings. The Morgan fingerprint density at radius 3 is 2.70 bits per heavy atom. The first-order valence-corrected chi connectivity index (χ1v) is 6.59. The van der Waals surface area contributed by atoms with Crippen molar-refractivity contribution in [2.75, 3.05) is 5.32 Å². The van der Waals surface area contributed by atoms with Crippen molar-refractivity contribution >= 4 is 23.0 Å². The highest BCUT2D eigenvalue weighted by molar-refractivity contribution is 6.31. The summed E-state index contributed by atoms with van der Waals surface area (Å²) < 4.78 is 0. The molecule has 0 aliphatic carbocycles. The van der Waals surface area contributed by atoms with E-state index in [1.807, 2.05) is 32.0 Å². The fraction of sp³-hybridized carbons (Fsp3) is 0.200. The van der Waals surface area contributed by atoms with Crippen LogP contribution in [-0.4, -0.2) is 4.92 Å². The van der Waals surface area contributed by atoms with Gasteiger partial charge in [-0.1, -0.05) is 29.8 Å². The molecular formula is C15H15ClN2O2. The highest BCUT2D eigenvalue weighted by atomic mass is 35.5. The Morgan fingerprint density at radius 2 is 2.00 bits per heavy atom. The zero-order chi connectivity index (χ0) is 14.7. The summed E-state index contributed by atoms with van der Waals surface area (Å²) in [6, 6.07) is 10.8. The standard InChI is InChI=1S/C15H15ClN2O2/c1-10-6-7-11(2)14(8-10)17-9-12-13(16)4-3-5-15(12)18(19)20/h3-8,17H,9H2,1-2H3. The molecule has 0 radical (unpaired) electrons. The van der Waals surface area contributed by atoms with Crippen LogP contribution < -0.4 is 5.32 Å². The molecule has 0 saturated carbocycles. The SMILES string of the molecule is Cc1ccc(C)c(NCc2c(Cl)cccc2[N+](=O)[O-])c1. The molecular weight excluding hydrogens is 276 g/mol. The molecule has 0 saturated heterocycles. The summed E-state index contributed by atoms with van der Waals surface area (Å²) in [7, 11) is 0. The van der Waals surface area contributed by atoms with Gasteiger partial charge in [-0.05, 0) is 37.1 Å². The first-order chi connectivity index (χ1) is 9.49. The molecule has 20 heavy (non-hydrogen) atoms. The Morgan fingerprint density at radius 1 is 1.25 bits per heavy atom. The highest BCUT2D eigenvalue weighted by Crippen LogP contribution is 2.27. The molecule has 0 spiro atoms. The molecule has 2 rings (SSSR count). The van der Waals surface area contributed by atoms with Crippen molar-refractivity contribution < 1.29 is 4.92 Å². The van der Waals surface area contributed by atoms with E-state index < -0.39 is 4.92 Å². The molecule has 0 unspecified atom stereocenters. The Balaban J connectivity index is 2.27. The van der Waals surface area contributed by atoms with Gasteiger partial charge in [-0.3, -0.25) is 10.1 Å². The molecule has 0 aliphatic heterocycles. The Labute approximate surface area is 122 Å². The number of anilines is 1. The lowest BCUT2D eigenvalue weighted by Gasteiger charge is -2.11. The van der Waals surface area contributed by atoms with Crippen LogP contribution in [0.1, 0.15) is 16.7 Å². The molecule has 0 bridgehead atoms. The summed E-state index contributed by atoms with van der Waals surface area (Å²) >= 11 is 6.07. The van der Waals surface area contributed by atoms with Gasteiger partial charge in [0, 0.05) is 18.3 Å². The molecule has 0 atom stereocenters. The van der Waals surface area contributed by atoms with E-state index in [9.17, 15) is 10.1 Å². The molecule has 0 aromatic heterocycles. The van der Waals surface area contributed by atoms with Crippen LogP contribution in [0.3, 0.4) is 0 Å². The molecule has 2 aromatic carbocycles. The molecule has 104 valence electrons. The van der Waals surface area contributed by atoms with Gasteiger partial charge in [-0.15, -0.1) is 0 Å². The fourth-order valence-corrected chi connectivity index (χ4v) is 2.24. The van der Waals surface area contributed by atoms with Crippen molar-refractivity contribution in [2.45, 2.75) is 20.4 Å². The number of halogens is 1. The van der Waals surface area contributed by atoms with E-state index in [0.29, 0.717) is 17.1 Å². The summed E-state index contributed by atoms with van der Waals surface area (Å²) in [6.45, 7) is 4.31. The van der Waals surface area contributed by atoms with Crippen molar-refractivity contribution in [3.63, 3.8) is 0 Å². The normalized spacial score (nSPS) is 10.3. The first kappa shape index (κ1) is 14.3. The van der Waals surface area contributed by atoms with E-state index in [2.05, 4.69) is 5.32 Å². The van der Waals surface area contributed by atoms with Gasteiger partial charge >= 0.3 is 0 Å². The predicted molar refractivity (Wildman–Crippen MR) is 81.3 cm³/mol. The summed E-state index contributed by atoms with van der Waals surface area (Å²) in [5, 5.41) is 14.6. The minimum Gasteiger partial charge on any atom is -0.380 e. The molecule has 0 amide bonds. The fourth-order valence-electron chi connectivity index (χ4n) is 2.00. The number of nitrogens with one attached hydrogen (secondary N) is 1. The van der Waals surface area contributed by atoms with E-state index in [1.165, 1.54) is 6.07 Å². The van der Waals surface area contributed by atoms with Crippen molar-refractivity contribution in [3.8, 4) is 0 Å². The number of aryl methyl sites for hydroxylation is 2. The quantitative estimate of drug-likeness (QED) is 0.667. The Kier molecular flexibility index (Phi) is 4.25. The number of hydrogen-bond donors (Lipinski definition) is 1. The van der Waals surface area contributed by atoms with Crippen LogP contribution in [0.2, 0.25) is 5.02 Å². The van der Waals surface area contributed by atoms with Crippen molar-refractivity contribution in [1.82, 2.24) is 0 Å². The number of rotatable bonds is 4. The molecule has 0 heterocycles. The molecule has 4 nitrogen and oxygen atoms in total. The third-order valence-corrected chi connectivity index (χ3v) is 3.49. The molecule has 0 fully saturated rings. The van der Waals surface area contributed by atoms with Crippen molar-refractivity contribution in [2.24, 2.45) is 0 Å². The first-order valence-electron chi connectivity index (χ1n) is 6.22. The van der Waals surface area contributed by atoms with Crippen LogP contribution in [0.15, 0.2) is 36.4 Å². The van der Waals surface area contributed by atoms with E-state index in [0.717, 1.165) is 16.8 Å². The maximum absolute atomic E-state index is 11.0. The van der Waals surface area contributed by atoms with Crippen LogP contribution in [0.4, 0.5) is 11.4 Å². The summed E-state index contributed by atoms with van der Waals surface area (Å²) in [5.74, 6) is 0. The second-order valence-electron chi connectivity index (χ2n) is 4.67. The van der Waals surface area contributed by atoms with Crippen LogP contribution in [0.25, 0.3) is 0 Å². The molecule has 5 heteroatoms. The van der Waals surface area contributed by atoms with E-state index in [4.69, 9.17) is 11.6 Å². The second kappa shape index (κ2) is 5.92. The van der Waals surface area contributed by atoms with Gasteiger partial charge < -0.3 is 5.32 Å². The van der Waals surface area contributed by atoms with Gasteiger partial charge in [-0.2, -0.15) is 0 Å². The van der Waals surface area contributed by atoms with Crippen molar-refractivity contribution in [3.05, 3.63) is 68.2 Å². The number of nitro benzene ring substituents is 1. The summed E-state index contributed by atoms with van der Waals surface area (Å²) in [4.78, 5) is 10.6. The van der Waals surface area contributed by atoms with E-state index in [1.54, 1.807) is 12.1 Å². The summed E-state index contributed by atoms with van der Waals surface area (Å²) in [5.41, 5.74) is 3.71. The van der Waals surface area contributed by atoms with Crippen LogP contribution in [0.5, 0.6) is 0 Å². The van der Waals surface area contributed by atoms with Gasteiger partial charge in [-0.25, -0.2) is 0 Å². The summed E-state index contributed by atoms with van der Waals surface area (Å²) in [6.07, 6.45) is 0. The van der Waals surface area contributed by atoms with E-state index in [-0.39, 0.29) is 5.69 Å². The van der Waals surface area contributed by atoms with Crippen LogP contribution in [0, 0.1) is 24.0 Å². The largest absolute Gasteiger partial charge is 0.380 e. The van der Waals surface area contributed by atoms with Gasteiger partial charge in [0.25, 0.3) is 5.69 Å². The lowest BCUT2D eigenvalue weighted by molar-refractivity contribution is -0.385. The zero-order valence-corrected chi connectivity index (χ0v) is 12.1. The average Bonchev–Trinajstić information content (AvgIpc) is 2.40. The van der Waals surface area contributed by atoms with Gasteiger partial charge in [0.1, 0.15) is 0 Å². The third kappa shape index (κ3) is 3.08. The van der Waals surface area contributed by atoms with Crippen LogP contribution >= 0.6 is 11.6 Å². The third-order valence-electron chi connectivity index (χ3n) is 3.14. The maximum atomic E-state index is 11.0. The number of nitro groups is 1. The minimum atomic E-state index is -0.411. The van der Waals surface area contributed by atoms with Crippen molar-refractivity contribution in [1.29, 1.82) is 0 Å². The zero-order valence-electron chi connectivity index (χ0n) is 11.3. The van der Waals surface area contributed by atoms with Gasteiger partial charge in [0.2, 0.25) is 0 Å². The number of benzene rings is 2. The van der Waals surface area contributed by atoms with Gasteiger partial charge in [0.05, 0.1) is 15.5 Å². The van der Waals surface area contributed by atoms with E-state index >= 15 is 0 Å². The molecule has 1 N–H and O–H groups in total. The van der Waals surface area contributed by atoms with Gasteiger partial charge in [0.15, 0.2) is 0 Å². The minimum absolute atomic E-state index is 0.0373. The predicted octanol–water partition coefficient (Wildman–Crippen LogP) is 4.48. The monoisotopic (exact) mass is 290 g/mol. The smallest absolute Gasteiger partial charge is 0.275 e. The molecule has 2 aromatic rings.